The normalized spacial score (nSPS) is 15.9. The van der Waals surface area contributed by atoms with E-state index < -0.39 is 0 Å². The molecule has 0 bridgehead atoms. The van der Waals surface area contributed by atoms with Crippen LogP contribution in [-0.2, 0) is 16.0 Å². The van der Waals surface area contributed by atoms with Gasteiger partial charge in [0.2, 0.25) is 0 Å². The van der Waals surface area contributed by atoms with Gasteiger partial charge in [0, 0.05) is 6.54 Å². The fourth-order valence-corrected chi connectivity index (χ4v) is 3.09. The maximum atomic E-state index is 11.7. The predicted octanol–water partition coefficient (Wildman–Crippen LogP) is 3.46. The van der Waals surface area contributed by atoms with Crippen LogP contribution in [-0.4, -0.2) is 43.7 Å². The third kappa shape index (κ3) is 5.68. The molecule has 0 aliphatic carbocycles. The zero-order valence-corrected chi connectivity index (χ0v) is 14.7. The molecule has 1 aromatic carbocycles. The summed E-state index contributed by atoms with van der Waals surface area (Å²) in [6.07, 6.45) is 5.53. The van der Waals surface area contributed by atoms with Crippen molar-refractivity contribution in [2.24, 2.45) is 5.92 Å². The van der Waals surface area contributed by atoms with Crippen molar-refractivity contribution in [1.29, 1.82) is 0 Å². The SMILES string of the molecule is C=CCc1ccccc1OCCCN1CCC(C(=O)OCC)CC1. The van der Waals surface area contributed by atoms with E-state index in [1.165, 1.54) is 5.56 Å². The molecule has 0 N–H and O–H groups in total. The predicted molar refractivity (Wildman–Crippen MR) is 96.3 cm³/mol. The van der Waals surface area contributed by atoms with Gasteiger partial charge in [-0.05, 0) is 57.3 Å². The number of nitrogens with zero attached hydrogens (tertiary/aromatic N) is 1. The van der Waals surface area contributed by atoms with Crippen molar-refractivity contribution >= 4 is 5.97 Å². The monoisotopic (exact) mass is 331 g/mol. The summed E-state index contributed by atoms with van der Waals surface area (Å²) in [4.78, 5) is 14.2. The second-order valence-corrected chi connectivity index (χ2v) is 6.17. The first kappa shape index (κ1) is 18.5. The Kier molecular flexibility index (Phi) is 7.83. The molecular formula is C20H29NO3. The van der Waals surface area contributed by atoms with Crippen LogP contribution < -0.4 is 4.74 Å². The highest BCUT2D eigenvalue weighted by Crippen LogP contribution is 2.20. The lowest BCUT2D eigenvalue weighted by Crippen LogP contribution is -2.37. The summed E-state index contributed by atoms with van der Waals surface area (Å²) in [5, 5.41) is 0. The summed E-state index contributed by atoms with van der Waals surface area (Å²) in [5.74, 6) is 1.01. The highest BCUT2D eigenvalue weighted by Gasteiger charge is 2.25. The molecule has 24 heavy (non-hydrogen) atoms. The number of piperidine rings is 1. The van der Waals surface area contributed by atoms with E-state index in [1.54, 1.807) is 0 Å². The van der Waals surface area contributed by atoms with Crippen molar-refractivity contribution in [2.45, 2.75) is 32.6 Å². The number of para-hydroxylation sites is 1. The van der Waals surface area contributed by atoms with Crippen LogP contribution >= 0.6 is 0 Å². The number of carbonyl (C=O) groups excluding carboxylic acids is 1. The number of hydrogen-bond donors (Lipinski definition) is 0. The molecule has 1 aromatic rings. The first-order valence-corrected chi connectivity index (χ1v) is 8.95. The zero-order valence-electron chi connectivity index (χ0n) is 14.7. The molecule has 0 saturated carbocycles. The molecule has 4 nitrogen and oxygen atoms in total. The van der Waals surface area contributed by atoms with E-state index in [2.05, 4.69) is 17.5 Å². The van der Waals surface area contributed by atoms with Gasteiger partial charge in [-0.25, -0.2) is 0 Å². The number of likely N-dealkylation sites (tertiary alicyclic amines) is 1. The molecule has 1 saturated heterocycles. The summed E-state index contributed by atoms with van der Waals surface area (Å²) < 4.78 is 11.0. The number of carbonyl (C=O) groups is 1. The van der Waals surface area contributed by atoms with Gasteiger partial charge in [-0.3, -0.25) is 4.79 Å². The average Bonchev–Trinajstić information content (AvgIpc) is 2.61. The Balaban J connectivity index is 1.65. The van der Waals surface area contributed by atoms with Crippen molar-refractivity contribution in [2.75, 3.05) is 32.8 Å². The van der Waals surface area contributed by atoms with E-state index in [0.717, 1.165) is 51.1 Å². The van der Waals surface area contributed by atoms with Crippen LogP contribution in [0.3, 0.4) is 0 Å². The van der Waals surface area contributed by atoms with Crippen molar-refractivity contribution < 1.29 is 14.3 Å². The zero-order chi connectivity index (χ0) is 17.2. The Labute approximate surface area is 145 Å². The van der Waals surface area contributed by atoms with Crippen LogP contribution in [0.15, 0.2) is 36.9 Å². The summed E-state index contributed by atoms with van der Waals surface area (Å²) in [5.41, 5.74) is 1.18. The first-order chi connectivity index (χ1) is 11.7. The molecule has 0 radical (unpaired) electrons. The summed E-state index contributed by atoms with van der Waals surface area (Å²) in [7, 11) is 0. The van der Waals surface area contributed by atoms with Crippen LogP contribution in [0.25, 0.3) is 0 Å². The maximum absolute atomic E-state index is 11.7. The summed E-state index contributed by atoms with van der Waals surface area (Å²) in [6.45, 7) is 9.79. The largest absolute Gasteiger partial charge is 0.493 e. The molecule has 0 unspecified atom stereocenters. The minimum atomic E-state index is -0.0284. The van der Waals surface area contributed by atoms with E-state index in [4.69, 9.17) is 9.47 Å². The Morgan fingerprint density at radius 3 is 2.79 bits per heavy atom. The fourth-order valence-electron chi connectivity index (χ4n) is 3.09. The molecule has 1 aliphatic heterocycles. The van der Waals surface area contributed by atoms with Crippen molar-refractivity contribution in [3.05, 3.63) is 42.5 Å². The number of hydrogen-bond acceptors (Lipinski definition) is 4. The lowest BCUT2D eigenvalue weighted by Gasteiger charge is -2.30. The number of ether oxygens (including phenoxy) is 2. The van der Waals surface area contributed by atoms with Crippen LogP contribution in [0.5, 0.6) is 5.75 Å². The van der Waals surface area contributed by atoms with Gasteiger partial charge in [0.25, 0.3) is 0 Å². The van der Waals surface area contributed by atoms with Crippen molar-refractivity contribution in [1.82, 2.24) is 4.90 Å². The standard InChI is InChI=1S/C20H29NO3/c1-3-8-17-9-5-6-10-19(17)24-16-7-13-21-14-11-18(12-15-21)20(22)23-4-2/h3,5-6,9-10,18H,1,4,7-8,11-16H2,2H3. The van der Waals surface area contributed by atoms with E-state index in [1.807, 2.05) is 31.2 Å². The Morgan fingerprint density at radius 1 is 1.33 bits per heavy atom. The van der Waals surface area contributed by atoms with Gasteiger partial charge >= 0.3 is 5.97 Å². The number of esters is 1. The molecule has 1 heterocycles. The topological polar surface area (TPSA) is 38.8 Å². The van der Waals surface area contributed by atoms with E-state index in [9.17, 15) is 4.79 Å². The van der Waals surface area contributed by atoms with Gasteiger partial charge < -0.3 is 14.4 Å². The van der Waals surface area contributed by atoms with Gasteiger partial charge in [-0.2, -0.15) is 0 Å². The number of benzene rings is 1. The summed E-state index contributed by atoms with van der Waals surface area (Å²) in [6, 6.07) is 8.13. The molecule has 132 valence electrons. The lowest BCUT2D eigenvalue weighted by molar-refractivity contribution is -0.149. The van der Waals surface area contributed by atoms with Crippen LogP contribution in [0.1, 0.15) is 31.7 Å². The highest BCUT2D eigenvalue weighted by atomic mass is 16.5. The third-order valence-corrected chi connectivity index (χ3v) is 4.42. The maximum Gasteiger partial charge on any atom is 0.309 e. The Bertz CT molecular complexity index is 521. The Hall–Kier alpha value is -1.81. The molecule has 4 heteroatoms. The second kappa shape index (κ2) is 10.1. The van der Waals surface area contributed by atoms with Crippen molar-refractivity contribution in [3.63, 3.8) is 0 Å². The van der Waals surface area contributed by atoms with Crippen molar-refractivity contribution in [3.8, 4) is 5.75 Å². The molecular weight excluding hydrogens is 302 g/mol. The van der Waals surface area contributed by atoms with E-state index in [-0.39, 0.29) is 11.9 Å². The molecule has 0 spiro atoms. The highest BCUT2D eigenvalue weighted by molar-refractivity contribution is 5.72. The minimum Gasteiger partial charge on any atom is -0.493 e. The van der Waals surface area contributed by atoms with Gasteiger partial charge in [-0.15, -0.1) is 6.58 Å². The second-order valence-electron chi connectivity index (χ2n) is 6.17. The quantitative estimate of drug-likeness (QED) is 0.395. The molecule has 0 aromatic heterocycles. The van der Waals surface area contributed by atoms with E-state index in [0.29, 0.717) is 13.2 Å². The Morgan fingerprint density at radius 2 is 2.08 bits per heavy atom. The average molecular weight is 331 g/mol. The van der Waals surface area contributed by atoms with Gasteiger partial charge in [-0.1, -0.05) is 24.3 Å². The molecule has 2 rings (SSSR count). The third-order valence-electron chi connectivity index (χ3n) is 4.42. The molecule has 0 atom stereocenters. The molecule has 0 amide bonds. The van der Waals surface area contributed by atoms with Crippen LogP contribution in [0.4, 0.5) is 0 Å². The van der Waals surface area contributed by atoms with Gasteiger partial charge in [0.1, 0.15) is 5.75 Å². The molecule has 1 aliphatic rings. The fraction of sp³-hybridized carbons (Fsp3) is 0.550. The molecule has 1 fully saturated rings. The van der Waals surface area contributed by atoms with E-state index >= 15 is 0 Å². The van der Waals surface area contributed by atoms with Crippen LogP contribution in [0.2, 0.25) is 0 Å². The first-order valence-electron chi connectivity index (χ1n) is 8.95. The smallest absolute Gasteiger partial charge is 0.309 e. The van der Waals surface area contributed by atoms with Gasteiger partial charge in [0.15, 0.2) is 0 Å². The summed E-state index contributed by atoms with van der Waals surface area (Å²) >= 11 is 0. The van der Waals surface area contributed by atoms with Gasteiger partial charge in [0.05, 0.1) is 19.1 Å². The lowest BCUT2D eigenvalue weighted by atomic mass is 9.97. The van der Waals surface area contributed by atoms with Crippen LogP contribution in [0, 0.1) is 5.92 Å². The number of rotatable bonds is 9. The number of allylic oxidation sites excluding steroid dienone is 1. The minimum absolute atomic E-state index is 0.0284.